The smallest absolute Gasteiger partial charge is 0.0984 e. The molecule has 2 aromatic carbocycles. The molecule has 0 bridgehead atoms. The fourth-order valence-electron chi connectivity index (χ4n) is 2.47. The molecular formula is C15H10N4. The Balaban J connectivity index is 2.13. The summed E-state index contributed by atoms with van der Waals surface area (Å²) in [6, 6.07) is 16.4. The lowest BCUT2D eigenvalue weighted by Crippen LogP contribution is -1.89. The highest BCUT2D eigenvalue weighted by molar-refractivity contribution is 6.11. The van der Waals surface area contributed by atoms with E-state index in [-0.39, 0.29) is 0 Å². The molecule has 0 unspecified atom stereocenters. The Bertz CT molecular complexity index is 865. The van der Waals surface area contributed by atoms with Gasteiger partial charge in [0.1, 0.15) is 0 Å². The van der Waals surface area contributed by atoms with Crippen LogP contribution in [0.3, 0.4) is 0 Å². The Morgan fingerprint density at radius 3 is 2.63 bits per heavy atom. The fraction of sp³-hybridized carbons (Fsp3) is 0. The average molecular weight is 246 g/mol. The van der Waals surface area contributed by atoms with Gasteiger partial charge in [-0.15, -0.1) is 10.2 Å². The second-order valence-electron chi connectivity index (χ2n) is 4.40. The van der Waals surface area contributed by atoms with Gasteiger partial charge >= 0.3 is 0 Å². The molecule has 1 N–H and O–H groups in total. The zero-order chi connectivity index (χ0) is 12.7. The van der Waals surface area contributed by atoms with Crippen LogP contribution in [0.5, 0.6) is 0 Å². The second-order valence-corrected chi connectivity index (χ2v) is 4.40. The average Bonchev–Trinajstić information content (AvgIpc) is 2.87. The SMILES string of the molecule is c1ccc2c(c1)[nH]c1c(-c3ccnnn3)cccc12. The normalized spacial score (nSPS) is 11.2. The molecule has 0 amide bonds. The number of hydrogen-bond donors (Lipinski definition) is 1. The largest absolute Gasteiger partial charge is 0.354 e. The van der Waals surface area contributed by atoms with Gasteiger partial charge in [0, 0.05) is 21.9 Å². The molecule has 4 aromatic rings. The standard InChI is InChI=1S/C15H10N4/c1-2-7-13-10(4-1)11-5-3-6-12(15(11)17-13)14-8-9-16-19-18-14/h1-9,17H. The maximum Gasteiger partial charge on any atom is 0.0984 e. The van der Waals surface area contributed by atoms with Crippen LogP contribution in [0.15, 0.2) is 54.7 Å². The molecular weight excluding hydrogens is 236 g/mol. The van der Waals surface area contributed by atoms with E-state index in [1.165, 1.54) is 10.8 Å². The Hall–Kier alpha value is -2.75. The number of H-pyrrole nitrogens is 1. The molecule has 90 valence electrons. The van der Waals surface area contributed by atoms with Crippen LogP contribution in [0.25, 0.3) is 33.1 Å². The predicted octanol–water partition coefficient (Wildman–Crippen LogP) is 3.17. The van der Waals surface area contributed by atoms with E-state index in [9.17, 15) is 0 Å². The predicted molar refractivity (Wildman–Crippen MR) is 74.6 cm³/mol. The molecule has 4 rings (SSSR count). The zero-order valence-corrected chi connectivity index (χ0v) is 10.0. The van der Waals surface area contributed by atoms with Crippen LogP contribution in [0, 0.1) is 0 Å². The summed E-state index contributed by atoms with van der Waals surface area (Å²) in [4.78, 5) is 3.46. The van der Waals surface area contributed by atoms with E-state index in [1.54, 1.807) is 6.20 Å². The minimum Gasteiger partial charge on any atom is -0.354 e. The van der Waals surface area contributed by atoms with Crippen molar-refractivity contribution in [1.82, 2.24) is 20.4 Å². The zero-order valence-electron chi connectivity index (χ0n) is 10.0. The van der Waals surface area contributed by atoms with Crippen LogP contribution in [0.1, 0.15) is 0 Å². The van der Waals surface area contributed by atoms with Crippen molar-refractivity contribution in [1.29, 1.82) is 0 Å². The van der Waals surface area contributed by atoms with Crippen LogP contribution < -0.4 is 0 Å². The maximum atomic E-state index is 4.09. The minimum atomic E-state index is 0.826. The molecule has 0 radical (unpaired) electrons. The third kappa shape index (κ3) is 1.50. The van der Waals surface area contributed by atoms with Gasteiger partial charge in [-0.2, -0.15) is 0 Å². The highest BCUT2D eigenvalue weighted by Gasteiger charge is 2.09. The van der Waals surface area contributed by atoms with Gasteiger partial charge in [-0.25, -0.2) is 0 Å². The van der Waals surface area contributed by atoms with Crippen molar-refractivity contribution in [3.05, 3.63) is 54.7 Å². The molecule has 0 aliphatic rings. The summed E-state index contributed by atoms with van der Waals surface area (Å²) in [5.41, 5.74) is 4.09. The molecule has 0 saturated heterocycles. The third-order valence-corrected chi connectivity index (χ3v) is 3.32. The number of rotatable bonds is 1. The van der Waals surface area contributed by atoms with Gasteiger partial charge < -0.3 is 4.98 Å². The minimum absolute atomic E-state index is 0.826. The first-order valence-corrected chi connectivity index (χ1v) is 6.08. The van der Waals surface area contributed by atoms with Crippen LogP contribution in [-0.4, -0.2) is 20.4 Å². The molecule has 0 spiro atoms. The van der Waals surface area contributed by atoms with Crippen molar-refractivity contribution in [3.63, 3.8) is 0 Å². The summed E-state index contributed by atoms with van der Waals surface area (Å²) >= 11 is 0. The Morgan fingerprint density at radius 2 is 1.74 bits per heavy atom. The van der Waals surface area contributed by atoms with E-state index in [0.29, 0.717) is 0 Å². The monoisotopic (exact) mass is 246 g/mol. The number of para-hydroxylation sites is 2. The van der Waals surface area contributed by atoms with Crippen molar-refractivity contribution < 1.29 is 0 Å². The van der Waals surface area contributed by atoms with Crippen molar-refractivity contribution >= 4 is 21.8 Å². The van der Waals surface area contributed by atoms with E-state index in [4.69, 9.17) is 0 Å². The van der Waals surface area contributed by atoms with E-state index in [0.717, 1.165) is 22.3 Å². The molecule has 0 saturated carbocycles. The molecule has 0 fully saturated rings. The number of fused-ring (bicyclic) bond motifs is 3. The molecule has 2 heterocycles. The molecule has 2 aromatic heterocycles. The lowest BCUT2D eigenvalue weighted by Gasteiger charge is -2.00. The first kappa shape index (κ1) is 10.2. The van der Waals surface area contributed by atoms with E-state index in [1.807, 2.05) is 24.3 Å². The van der Waals surface area contributed by atoms with E-state index >= 15 is 0 Å². The van der Waals surface area contributed by atoms with Crippen molar-refractivity contribution in [2.24, 2.45) is 0 Å². The summed E-state index contributed by atoms with van der Waals surface area (Å²) in [7, 11) is 0. The molecule has 4 nitrogen and oxygen atoms in total. The Morgan fingerprint density at radius 1 is 0.842 bits per heavy atom. The molecule has 0 aliphatic carbocycles. The number of nitrogens with one attached hydrogen (secondary N) is 1. The number of nitrogens with zero attached hydrogens (tertiary/aromatic N) is 3. The quantitative estimate of drug-likeness (QED) is 0.561. The lowest BCUT2D eigenvalue weighted by atomic mass is 10.1. The first-order valence-electron chi connectivity index (χ1n) is 6.08. The molecule has 0 atom stereocenters. The van der Waals surface area contributed by atoms with E-state index < -0.39 is 0 Å². The Kier molecular flexibility index (Phi) is 2.08. The van der Waals surface area contributed by atoms with Crippen LogP contribution in [0.4, 0.5) is 0 Å². The fourth-order valence-corrected chi connectivity index (χ4v) is 2.47. The number of aromatic amines is 1. The highest BCUT2D eigenvalue weighted by Crippen LogP contribution is 2.31. The highest BCUT2D eigenvalue weighted by atomic mass is 15.3. The van der Waals surface area contributed by atoms with Crippen molar-refractivity contribution in [2.75, 3.05) is 0 Å². The van der Waals surface area contributed by atoms with Crippen molar-refractivity contribution in [2.45, 2.75) is 0 Å². The van der Waals surface area contributed by atoms with Crippen LogP contribution >= 0.6 is 0 Å². The number of aromatic nitrogens is 4. The first-order chi connectivity index (χ1) is 9.43. The van der Waals surface area contributed by atoms with E-state index in [2.05, 4.69) is 44.7 Å². The molecule has 19 heavy (non-hydrogen) atoms. The maximum absolute atomic E-state index is 4.09. The summed E-state index contributed by atoms with van der Waals surface area (Å²) in [6.07, 6.45) is 1.66. The van der Waals surface area contributed by atoms with Gasteiger partial charge in [-0.1, -0.05) is 36.4 Å². The summed E-state index contributed by atoms with van der Waals surface area (Å²) < 4.78 is 0. The van der Waals surface area contributed by atoms with Gasteiger partial charge in [-0.3, -0.25) is 0 Å². The Labute approximate surface area is 109 Å². The number of hydrogen-bond acceptors (Lipinski definition) is 3. The third-order valence-electron chi connectivity index (χ3n) is 3.32. The topological polar surface area (TPSA) is 54.5 Å². The number of benzene rings is 2. The van der Waals surface area contributed by atoms with Gasteiger partial charge in [0.15, 0.2) is 0 Å². The molecule has 4 heteroatoms. The van der Waals surface area contributed by atoms with Gasteiger partial charge in [0.05, 0.1) is 17.4 Å². The summed E-state index contributed by atoms with van der Waals surface area (Å²) in [6.45, 7) is 0. The van der Waals surface area contributed by atoms with Gasteiger partial charge in [0.2, 0.25) is 0 Å². The van der Waals surface area contributed by atoms with Crippen molar-refractivity contribution in [3.8, 4) is 11.3 Å². The lowest BCUT2D eigenvalue weighted by molar-refractivity contribution is 0.871. The second kappa shape index (κ2) is 3.88. The van der Waals surface area contributed by atoms with Gasteiger partial charge in [0.25, 0.3) is 0 Å². The van der Waals surface area contributed by atoms with Gasteiger partial charge in [-0.05, 0) is 17.3 Å². The summed E-state index contributed by atoms with van der Waals surface area (Å²) in [5.74, 6) is 0. The van der Waals surface area contributed by atoms with Crippen LogP contribution in [-0.2, 0) is 0 Å². The summed E-state index contributed by atoms with van der Waals surface area (Å²) in [5, 5.41) is 13.9. The molecule has 0 aliphatic heterocycles. The van der Waals surface area contributed by atoms with Crippen LogP contribution in [0.2, 0.25) is 0 Å².